The third-order valence-corrected chi connectivity index (χ3v) is 5.83. The number of carbonyl (C=O) groups excluding carboxylic acids is 1. The Bertz CT molecular complexity index is 969. The number of nitrogens with one attached hydrogen (secondary N) is 2. The predicted octanol–water partition coefficient (Wildman–Crippen LogP) is 2.47. The van der Waals surface area contributed by atoms with Crippen LogP contribution in [0.25, 0.3) is 0 Å². The average Bonchev–Trinajstić information content (AvgIpc) is 2.58. The second-order valence-electron chi connectivity index (χ2n) is 6.46. The molecule has 0 heterocycles. The molecule has 2 N–H and O–H groups in total. The molecule has 0 unspecified atom stereocenters. The first-order valence-corrected chi connectivity index (χ1v) is 10.0. The Hall–Kier alpha value is -2.69. The third kappa shape index (κ3) is 5.64. The molecule has 0 saturated heterocycles. The zero-order chi connectivity index (χ0) is 20.0. The standard InChI is InChI=1S/C20H23N3O3S/c1-14-9-15(2)20(16(3)10-14)27(25,26)23-8-7-19(24)22-13-18-6-4-5-17(11-18)12-21/h4-6,9-11,23H,7-8,13H2,1-3H3,(H,22,24). The van der Waals surface area contributed by atoms with E-state index in [4.69, 9.17) is 5.26 Å². The molecule has 0 atom stereocenters. The second-order valence-corrected chi connectivity index (χ2v) is 8.17. The number of benzene rings is 2. The second kappa shape index (κ2) is 8.80. The third-order valence-electron chi connectivity index (χ3n) is 4.06. The molecule has 7 heteroatoms. The Morgan fingerprint density at radius 2 is 1.78 bits per heavy atom. The fourth-order valence-corrected chi connectivity index (χ4v) is 4.48. The number of sulfonamides is 1. The minimum absolute atomic E-state index is 0.0131. The zero-order valence-electron chi connectivity index (χ0n) is 15.7. The van der Waals surface area contributed by atoms with Gasteiger partial charge in [-0.25, -0.2) is 13.1 Å². The van der Waals surface area contributed by atoms with Gasteiger partial charge >= 0.3 is 0 Å². The molecule has 2 rings (SSSR count). The fourth-order valence-electron chi connectivity index (χ4n) is 3.00. The molecule has 27 heavy (non-hydrogen) atoms. The summed E-state index contributed by atoms with van der Waals surface area (Å²) in [6, 6.07) is 12.6. The van der Waals surface area contributed by atoms with Gasteiger partial charge in [-0.05, 0) is 49.6 Å². The highest BCUT2D eigenvalue weighted by atomic mass is 32.2. The molecule has 1 amide bonds. The quantitative estimate of drug-likeness (QED) is 0.765. The Morgan fingerprint density at radius 3 is 2.41 bits per heavy atom. The molecule has 0 aliphatic heterocycles. The largest absolute Gasteiger partial charge is 0.352 e. The minimum Gasteiger partial charge on any atom is -0.352 e. The normalized spacial score (nSPS) is 11.0. The first-order chi connectivity index (χ1) is 12.7. The molecule has 0 aliphatic carbocycles. The van der Waals surface area contributed by atoms with Gasteiger partial charge in [0, 0.05) is 19.5 Å². The predicted molar refractivity (Wildman–Crippen MR) is 103 cm³/mol. The Balaban J connectivity index is 1.90. The van der Waals surface area contributed by atoms with Crippen molar-refractivity contribution >= 4 is 15.9 Å². The molecular formula is C20H23N3O3S. The summed E-state index contributed by atoms with van der Waals surface area (Å²) in [6.07, 6.45) is 0.0289. The first-order valence-electron chi connectivity index (χ1n) is 8.56. The van der Waals surface area contributed by atoms with Gasteiger partial charge in [-0.2, -0.15) is 5.26 Å². The molecular weight excluding hydrogens is 362 g/mol. The van der Waals surface area contributed by atoms with Gasteiger partial charge in [-0.15, -0.1) is 0 Å². The van der Waals surface area contributed by atoms with Crippen molar-refractivity contribution in [2.24, 2.45) is 0 Å². The summed E-state index contributed by atoms with van der Waals surface area (Å²) >= 11 is 0. The van der Waals surface area contributed by atoms with E-state index in [-0.39, 0.29) is 30.3 Å². The van der Waals surface area contributed by atoms with E-state index in [1.54, 1.807) is 32.0 Å². The van der Waals surface area contributed by atoms with E-state index in [9.17, 15) is 13.2 Å². The number of nitriles is 1. The van der Waals surface area contributed by atoms with E-state index < -0.39 is 10.0 Å². The van der Waals surface area contributed by atoms with Crippen LogP contribution in [0.2, 0.25) is 0 Å². The van der Waals surface area contributed by atoms with Gasteiger partial charge in [0.2, 0.25) is 15.9 Å². The van der Waals surface area contributed by atoms with Crippen molar-refractivity contribution in [1.29, 1.82) is 5.26 Å². The van der Waals surface area contributed by atoms with E-state index in [0.29, 0.717) is 16.7 Å². The van der Waals surface area contributed by atoms with Crippen LogP contribution in [0.5, 0.6) is 0 Å². The molecule has 0 spiro atoms. The molecule has 0 fully saturated rings. The van der Waals surface area contributed by atoms with E-state index in [1.165, 1.54) is 0 Å². The van der Waals surface area contributed by atoms with Gasteiger partial charge in [0.25, 0.3) is 0 Å². The van der Waals surface area contributed by atoms with Gasteiger partial charge in [0.1, 0.15) is 0 Å². The number of nitrogens with zero attached hydrogens (tertiary/aromatic N) is 1. The van der Waals surface area contributed by atoms with Crippen molar-refractivity contribution in [1.82, 2.24) is 10.0 Å². The van der Waals surface area contributed by atoms with Gasteiger partial charge in [0.05, 0.1) is 16.5 Å². The molecule has 2 aromatic carbocycles. The molecule has 0 aromatic heterocycles. The highest BCUT2D eigenvalue weighted by Crippen LogP contribution is 2.21. The fraction of sp³-hybridized carbons (Fsp3) is 0.300. The van der Waals surface area contributed by atoms with Crippen LogP contribution in [0.3, 0.4) is 0 Å². The minimum atomic E-state index is -3.68. The van der Waals surface area contributed by atoms with Crippen molar-refractivity contribution in [2.45, 2.75) is 38.6 Å². The maximum Gasteiger partial charge on any atom is 0.241 e. The monoisotopic (exact) mass is 385 g/mol. The topological polar surface area (TPSA) is 99.1 Å². The summed E-state index contributed by atoms with van der Waals surface area (Å²) < 4.78 is 27.6. The van der Waals surface area contributed by atoms with Gasteiger partial charge < -0.3 is 5.32 Å². The molecule has 0 bridgehead atoms. The summed E-state index contributed by atoms with van der Waals surface area (Å²) in [5.74, 6) is -0.266. The SMILES string of the molecule is Cc1cc(C)c(S(=O)(=O)NCCC(=O)NCc2cccc(C#N)c2)c(C)c1. The van der Waals surface area contributed by atoms with Gasteiger partial charge in [0.15, 0.2) is 0 Å². The van der Waals surface area contributed by atoms with Crippen molar-refractivity contribution < 1.29 is 13.2 Å². The van der Waals surface area contributed by atoms with Crippen LogP contribution >= 0.6 is 0 Å². The lowest BCUT2D eigenvalue weighted by atomic mass is 10.1. The highest BCUT2D eigenvalue weighted by molar-refractivity contribution is 7.89. The van der Waals surface area contributed by atoms with Crippen LogP contribution in [-0.2, 0) is 21.4 Å². The van der Waals surface area contributed by atoms with E-state index >= 15 is 0 Å². The van der Waals surface area contributed by atoms with Crippen LogP contribution in [0.1, 0.15) is 34.2 Å². The van der Waals surface area contributed by atoms with Crippen LogP contribution in [0.4, 0.5) is 0 Å². The maximum atomic E-state index is 12.5. The Kier molecular flexibility index (Phi) is 6.72. The lowest BCUT2D eigenvalue weighted by Gasteiger charge is -2.13. The van der Waals surface area contributed by atoms with Crippen LogP contribution in [-0.4, -0.2) is 20.9 Å². The van der Waals surface area contributed by atoms with Crippen molar-refractivity contribution in [3.8, 4) is 6.07 Å². The number of amides is 1. The smallest absolute Gasteiger partial charge is 0.241 e. The number of carbonyl (C=O) groups is 1. The first kappa shape index (κ1) is 20.6. The molecule has 6 nitrogen and oxygen atoms in total. The molecule has 2 aromatic rings. The average molecular weight is 385 g/mol. The summed E-state index contributed by atoms with van der Waals surface area (Å²) in [4.78, 5) is 12.2. The number of aryl methyl sites for hydroxylation is 3. The van der Waals surface area contributed by atoms with Crippen molar-refractivity contribution in [3.05, 3.63) is 64.2 Å². The summed E-state index contributed by atoms with van der Waals surface area (Å²) in [7, 11) is -3.68. The highest BCUT2D eigenvalue weighted by Gasteiger charge is 2.19. The van der Waals surface area contributed by atoms with Crippen molar-refractivity contribution in [2.75, 3.05) is 6.54 Å². The van der Waals surface area contributed by atoms with Crippen LogP contribution < -0.4 is 10.0 Å². The molecule has 0 aliphatic rings. The molecule has 0 saturated carbocycles. The zero-order valence-corrected chi connectivity index (χ0v) is 16.5. The van der Waals surface area contributed by atoms with E-state index in [1.807, 2.05) is 31.2 Å². The number of rotatable bonds is 7. The molecule has 142 valence electrons. The van der Waals surface area contributed by atoms with E-state index in [0.717, 1.165) is 11.1 Å². The Morgan fingerprint density at radius 1 is 1.11 bits per heavy atom. The van der Waals surface area contributed by atoms with Crippen LogP contribution in [0, 0.1) is 32.1 Å². The summed E-state index contributed by atoms with van der Waals surface area (Å²) in [6.45, 7) is 5.74. The number of hydrogen-bond acceptors (Lipinski definition) is 4. The lowest BCUT2D eigenvalue weighted by Crippen LogP contribution is -2.31. The Labute approximate surface area is 160 Å². The van der Waals surface area contributed by atoms with Gasteiger partial charge in [-0.1, -0.05) is 29.8 Å². The maximum absolute atomic E-state index is 12.5. The van der Waals surface area contributed by atoms with Gasteiger partial charge in [-0.3, -0.25) is 4.79 Å². The van der Waals surface area contributed by atoms with Crippen molar-refractivity contribution in [3.63, 3.8) is 0 Å². The van der Waals surface area contributed by atoms with Crippen LogP contribution in [0.15, 0.2) is 41.3 Å². The summed E-state index contributed by atoms with van der Waals surface area (Å²) in [5, 5.41) is 11.6. The van der Waals surface area contributed by atoms with E-state index in [2.05, 4.69) is 10.0 Å². The number of hydrogen-bond donors (Lipinski definition) is 2. The summed E-state index contributed by atoms with van der Waals surface area (Å²) in [5.41, 5.74) is 3.71. The molecule has 0 radical (unpaired) electrons. The lowest BCUT2D eigenvalue weighted by molar-refractivity contribution is -0.121.